The molecule has 3 aromatic rings. The average molecular weight is 391 g/mol. The number of nitrogens with zero attached hydrogens (tertiary/aromatic N) is 2. The zero-order chi connectivity index (χ0) is 19.9. The molecule has 7 heteroatoms. The van der Waals surface area contributed by atoms with Gasteiger partial charge < -0.3 is 10.6 Å². The first-order valence-corrected chi connectivity index (χ1v) is 8.73. The predicted octanol–water partition coefficient (Wildman–Crippen LogP) is 3.79. The summed E-state index contributed by atoms with van der Waals surface area (Å²) in [6, 6.07) is 18.6. The Bertz CT molecular complexity index is 1040. The van der Waals surface area contributed by atoms with E-state index in [1.807, 2.05) is 18.2 Å². The highest BCUT2D eigenvalue weighted by Gasteiger charge is 2.12. The first kappa shape index (κ1) is 19.1. The van der Waals surface area contributed by atoms with Crippen LogP contribution in [0.1, 0.15) is 32.0 Å². The smallest absolute Gasteiger partial charge is 0.270 e. The van der Waals surface area contributed by atoms with Crippen molar-refractivity contribution in [2.75, 3.05) is 5.32 Å². The molecule has 28 heavy (non-hydrogen) atoms. The molecule has 2 amide bonds. The van der Waals surface area contributed by atoms with Crippen molar-refractivity contribution in [3.63, 3.8) is 0 Å². The summed E-state index contributed by atoms with van der Waals surface area (Å²) < 4.78 is 0. The number of carbonyl (C=O) groups is 2. The highest BCUT2D eigenvalue weighted by Crippen LogP contribution is 2.12. The van der Waals surface area contributed by atoms with Crippen LogP contribution in [0.3, 0.4) is 0 Å². The monoisotopic (exact) mass is 390 g/mol. The van der Waals surface area contributed by atoms with Crippen molar-refractivity contribution in [3.05, 3.63) is 94.3 Å². The van der Waals surface area contributed by atoms with Crippen LogP contribution in [0.15, 0.2) is 66.9 Å². The number of rotatable bonds is 5. The molecule has 0 bridgehead atoms. The van der Waals surface area contributed by atoms with E-state index < -0.39 is 0 Å². The maximum Gasteiger partial charge on any atom is 0.270 e. The minimum absolute atomic E-state index is 0.140. The average Bonchev–Trinajstić information content (AvgIpc) is 2.73. The van der Waals surface area contributed by atoms with Gasteiger partial charge in [-0.3, -0.25) is 14.6 Å². The third-order valence-electron chi connectivity index (χ3n) is 3.89. The van der Waals surface area contributed by atoms with Crippen molar-refractivity contribution in [1.82, 2.24) is 10.3 Å². The molecule has 0 aliphatic carbocycles. The number of hydrogen-bond acceptors (Lipinski definition) is 4. The quantitative estimate of drug-likeness (QED) is 0.692. The molecule has 0 spiro atoms. The van der Waals surface area contributed by atoms with Gasteiger partial charge in [-0.05, 0) is 54.1 Å². The molecule has 0 aliphatic rings. The lowest BCUT2D eigenvalue weighted by atomic mass is 10.2. The number of halogens is 1. The summed E-state index contributed by atoms with van der Waals surface area (Å²) in [6.07, 6.45) is 1.41. The van der Waals surface area contributed by atoms with Gasteiger partial charge >= 0.3 is 0 Å². The van der Waals surface area contributed by atoms with Crippen LogP contribution in [-0.2, 0) is 6.54 Å². The van der Waals surface area contributed by atoms with Crippen molar-refractivity contribution in [3.8, 4) is 6.07 Å². The highest BCUT2D eigenvalue weighted by atomic mass is 35.5. The van der Waals surface area contributed by atoms with Gasteiger partial charge in [-0.1, -0.05) is 23.7 Å². The SMILES string of the molecule is N#Cc1ccc(NC(=O)c2ccnc(C(=O)NCc3ccc(Cl)cc3)c2)cc1. The fraction of sp³-hybridized carbons (Fsp3) is 0.0476. The Morgan fingerprint density at radius 1 is 1.00 bits per heavy atom. The molecule has 0 aliphatic heterocycles. The first-order valence-electron chi connectivity index (χ1n) is 8.35. The van der Waals surface area contributed by atoms with E-state index in [-0.39, 0.29) is 17.5 Å². The Hall–Kier alpha value is -3.69. The molecule has 0 saturated heterocycles. The van der Waals surface area contributed by atoms with Gasteiger partial charge in [0, 0.05) is 29.0 Å². The zero-order valence-corrected chi connectivity index (χ0v) is 15.4. The number of hydrogen-bond donors (Lipinski definition) is 2. The molecule has 3 rings (SSSR count). The third kappa shape index (κ3) is 4.93. The molecule has 0 unspecified atom stereocenters. The van der Waals surface area contributed by atoms with E-state index in [2.05, 4.69) is 15.6 Å². The number of benzene rings is 2. The number of nitriles is 1. The molecule has 0 saturated carbocycles. The van der Waals surface area contributed by atoms with Gasteiger partial charge in [0.2, 0.25) is 0 Å². The summed E-state index contributed by atoms with van der Waals surface area (Å²) in [6.45, 7) is 0.319. The summed E-state index contributed by atoms with van der Waals surface area (Å²) in [5.41, 5.74) is 2.39. The lowest BCUT2D eigenvalue weighted by Crippen LogP contribution is -2.24. The summed E-state index contributed by atoms with van der Waals surface area (Å²) in [4.78, 5) is 28.8. The molecule has 1 heterocycles. The standard InChI is InChI=1S/C21H15ClN4O2/c22-17-5-1-15(2-6-17)13-25-21(28)19-11-16(9-10-24-19)20(27)26-18-7-3-14(12-23)4-8-18/h1-11H,13H2,(H,25,28)(H,26,27). The van der Waals surface area contributed by atoms with Crippen LogP contribution in [-0.4, -0.2) is 16.8 Å². The minimum Gasteiger partial charge on any atom is -0.347 e. The fourth-order valence-electron chi connectivity index (χ4n) is 2.40. The van der Waals surface area contributed by atoms with Gasteiger partial charge in [-0.2, -0.15) is 5.26 Å². The van der Waals surface area contributed by atoms with Crippen LogP contribution < -0.4 is 10.6 Å². The largest absolute Gasteiger partial charge is 0.347 e. The second kappa shape index (κ2) is 8.80. The number of anilines is 1. The predicted molar refractivity (Wildman–Crippen MR) is 106 cm³/mol. The molecule has 2 N–H and O–H groups in total. The van der Waals surface area contributed by atoms with Gasteiger partial charge in [0.05, 0.1) is 11.6 Å². The topological polar surface area (TPSA) is 94.9 Å². The van der Waals surface area contributed by atoms with E-state index in [9.17, 15) is 9.59 Å². The zero-order valence-electron chi connectivity index (χ0n) is 14.6. The molecule has 138 valence electrons. The fourth-order valence-corrected chi connectivity index (χ4v) is 2.53. The Labute approximate surface area is 166 Å². The van der Waals surface area contributed by atoms with Crippen LogP contribution in [0.2, 0.25) is 5.02 Å². The maximum atomic E-state index is 12.4. The van der Waals surface area contributed by atoms with E-state index in [4.69, 9.17) is 16.9 Å². The van der Waals surface area contributed by atoms with Crippen molar-refractivity contribution in [2.45, 2.75) is 6.54 Å². The molecule has 0 radical (unpaired) electrons. The molecule has 2 aromatic carbocycles. The lowest BCUT2D eigenvalue weighted by molar-refractivity contribution is 0.0946. The van der Waals surface area contributed by atoms with Gasteiger partial charge in [-0.15, -0.1) is 0 Å². The van der Waals surface area contributed by atoms with Gasteiger partial charge in [-0.25, -0.2) is 0 Å². The number of aromatic nitrogens is 1. The van der Waals surface area contributed by atoms with E-state index in [1.54, 1.807) is 36.4 Å². The molecule has 0 atom stereocenters. The third-order valence-corrected chi connectivity index (χ3v) is 4.14. The molecule has 0 fully saturated rings. The summed E-state index contributed by atoms with van der Waals surface area (Å²) in [7, 11) is 0. The Kier molecular flexibility index (Phi) is 6.00. The molecular formula is C21H15ClN4O2. The van der Waals surface area contributed by atoms with Gasteiger partial charge in [0.25, 0.3) is 11.8 Å². The first-order chi connectivity index (χ1) is 13.5. The highest BCUT2D eigenvalue weighted by molar-refractivity contribution is 6.30. The Morgan fingerprint density at radius 2 is 1.71 bits per heavy atom. The van der Waals surface area contributed by atoms with Gasteiger partial charge in [0.1, 0.15) is 5.69 Å². The van der Waals surface area contributed by atoms with E-state index in [0.29, 0.717) is 28.4 Å². The normalized spacial score (nSPS) is 10.0. The van der Waals surface area contributed by atoms with Crippen molar-refractivity contribution < 1.29 is 9.59 Å². The van der Waals surface area contributed by atoms with Crippen LogP contribution in [0.5, 0.6) is 0 Å². The summed E-state index contributed by atoms with van der Waals surface area (Å²) >= 11 is 5.84. The minimum atomic E-state index is -0.386. The number of amides is 2. The molecule has 1 aromatic heterocycles. The second-order valence-electron chi connectivity index (χ2n) is 5.88. The van der Waals surface area contributed by atoms with Crippen LogP contribution in [0.4, 0.5) is 5.69 Å². The van der Waals surface area contributed by atoms with Gasteiger partial charge in [0.15, 0.2) is 0 Å². The number of pyridine rings is 1. The van der Waals surface area contributed by atoms with Crippen molar-refractivity contribution >= 4 is 29.1 Å². The Balaban J connectivity index is 1.65. The van der Waals surface area contributed by atoms with Crippen molar-refractivity contribution in [1.29, 1.82) is 5.26 Å². The van der Waals surface area contributed by atoms with E-state index >= 15 is 0 Å². The summed E-state index contributed by atoms with van der Waals surface area (Å²) in [5.74, 6) is -0.762. The Morgan fingerprint density at radius 3 is 2.39 bits per heavy atom. The van der Waals surface area contributed by atoms with Crippen molar-refractivity contribution in [2.24, 2.45) is 0 Å². The maximum absolute atomic E-state index is 12.4. The lowest BCUT2D eigenvalue weighted by Gasteiger charge is -2.08. The summed E-state index contributed by atoms with van der Waals surface area (Å²) in [5, 5.41) is 14.9. The van der Waals surface area contributed by atoms with E-state index in [0.717, 1.165) is 5.56 Å². The molecular weight excluding hydrogens is 376 g/mol. The van der Waals surface area contributed by atoms with Crippen LogP contribution >= 0.6 is 11.6 Å². The molecule has 6 nitrogen and oxygen atoms in total. The van der Waals surface area contributed by atoms with Crippen LogP contribution in [0, 0.1) is 11.3 Å². The number of nitrogens with one attached hydrogen (secondary N) is 2. The number of carbonyl (C=O) groups excluding carboxylic acids is 2. The second-order valence-corrected chi connectivity index (χ2v) is 6.32. The van der Waals surface area contributed by atoms with Crippen LogP contribution in [0.25, 0.3) is 0 Å². The van der Waals surface area contributed by atoms with E-state index in [1.165, 1.54) is 18.3 Å².